The van der Waals surface area contributed by atoms with E-state index >= 15 is 0 Å². The smallest absolute Gasteiger partial charge is 0.416 e. The van der Waals surface area contributed by atoms with Gasteiger partial charge in [-0.2, -0.15) is 18.2 Å². The van der Waals surface area contributed by atoms with Crippen molar-refractivity contribution in [2.75, 3.05) is 14.2 Å². The van der Waals surface area contributed by atoms with Crippen molar-refractivity contribution in [3.63, 3.8) is 0 Å². The van der Waals surface area contributed by atoms with Crippen molar-refractivity contribution in [1.29, 1.82) is 0 Å². The molecule has 0 saturated heterocycles. The predicted octanol–water partition coefficient (Wildman–Crippen LogP) is 4.13. The minimum absolute atomic E-state index is 0.0507. The van der Waals surface area contributed by atoms with Gasteiger partial charge in [0.05, 0.1) is 25.3 Å². The zero-order valence-electron chi connectivity index (χ0n) is 15.3. The topological polar surface area (TPSA) is 83.7 Å². The van der Waals surface area contributed by atoms with Gasteiger partial charge in [-0.05, 0) is 24.3 Å². The summed E-state index contributed by atoms with van der Waals surface area (Å²) in [5, 5.41) is 3.63. The maximum atomic E-state index is 12.8. The molecular formula is C19H15F3N2O5. The van der Waals surface area contributed by atoms with Gasteiger partial charge < -0.3 is 18.7 Å². The molecule has 0 aliphatic heterocycles. The molecule has 0 bridgehead atoms. The van der Waals surface area contributed by atoms with E-state index in [1.54, 1.807) is 6.07 Å². The zero-order chi connectivity index (χ0) is 21.0. The molecule has 0 fully saturated rings. The van der Waals surface area contributed by atoms with Gasteiger partial charge in [0.1, 0.15) is 11.5 Å². The molecule has 0 N–H and O–H groups in total. The summed E-state index contributed by atoms with van der Waals surface area (Å²) < 4.78 is 58.7. The third-order valence-corrected chi connectivity index (χ3v) is 3.83. The van der Waals surface area contributed by atoms with Gasteiger partial charge in [-0.15, -0.1) is 0 Å². The first kappa shape index (κ1) is 20.2. The van der Waals surface area contributed by atoms with Crippen molar-refractivity contribution in [3.8, 4) is 22.9 Å². The summed E-state index contributed by atoms with van der Waals surface area (Å²) in [6, 6.07) is 9.02. The second kappa shape index (κ2) is 8.21. The molecule has 0 spiro atoms. The van der Waals surface area contributed by atoms with Gasteiger partial charge >= 0.3 is 12.1 Å². The highest BCUT2D eigenvalue weighted by Crippen LogP contribution is 2.31. The van der Waals surface area contributed by atoms with E-state index < -0.39 is 17.7 Å². The van der Waals surface area contributed by atoms with Crippen LogP contribution in [0.15, 0.2) is 47.0 Å². The summed E-state index contributed by atoms with van der Waals surface area (Å²) in [5.41, 5.74) is -0.530. The number of aromatic nitrogens is 2. The molecule has 0 aliphatic carbocycles. The number of alkyl halides is 3. The summed E-state index contributed by atoms with van der Waals surface area (Å²) in [7, 11) is 2.88. The summed E-state index contributed by atoms with van der Waals surface area (Å²) in [5.74, 6) is -0.00585. The fraction of sp³-hybridized carbons (Fsp3) is 0.211. The van der Waals surface area contributed by atoms with Crippen LogP contribution in [0.4, 0.5) is 13.2 Å². The van der Waals surface area contributed by atoms with Gasteiger partial charge in [0, 0.05) is 11.6 Å². The third kappa shape index (κ3) is 4.84. The van der Waals surface area contributed by atoms with Crippen LogP contribution in [0.5, 0.6) is 11.5 Å². The highest BCUT2D eigenvalue weighted by atomic mass is 19.4. The average Bonchev–Trinajstić information content (AvgIpc) is 3.20. The summed E-state index contributed by atoms with van der Waals surface area (Å²) >= 11 is 0. The van der Waals surface area contributed by atoms with E-state index in [0.29, 0.717) is 11.5 Å². The molecule has 0 atom stereocenters. The summed E-state index contributed by atoms with van der Waals surface area (Å²) in [6.45, 7) is -0.357. The number of carbonyl (C=O) groups excluding carboxylic acids is 1. The van der Waals surface area contributed by atoms with Crippen LogP contribution >= 0.6 is 0 Å². The average molecular weight is 408 g/mol. The Labute approximate surface area is 163 Å². The van der Waals surface area contributed by atoms with Crippen molar-refractivity contribution >= 4 is 5.97 Å². The number of benzene rings is 2. The second-order valence-corrected chi connectivity index (χ2v) is 5.77. The SMILES string of the molecule is COc1cc(OC)cc(C(=O)OCc2nc(-c3cccc(C(F)(F)F)c3)no2)c1. The Hall–Kier alpha value is -3.56. The highest BCUT2D eigenvalue weighted by molar-refractivity contribution is 5.90. The first-order valence-electron chi connectivity index (χ1n) is 8.20. The highest BCUT2D eigenvalue weighted by Gasteiger charge is 2.30. The van der Waals surface area contributed by atoms with Gasteiger partial charge in [-0.3, -0.25) is 0 Å². The van der Waals surface area contributed by atoms with Crippen molar-refractivity contribution in [1.82, 2.24) is 10.1 Å². The number of methoxy groups -OCH3 is 2. The van der Waals surface area contributed by atoms with Crippen molar-refractivity contribution in [2.45, 2.75) is 12.8 Å². The molecule has 0 unspecified atom stereocenters. The van der Waals surface area contributed by atoms with Crippen LogP contribution in [-0.2, 0) is 17.5 Å². The van der Waals surface area contributed by atoms with Crippen LogP contribution in [0.2, 0.25) is 0 Å². The van der Waals surface area contributed by atoms with Crippen molar-refractivity contribution < 1.29 is 36.7 Å². The molecular weight excluding hydrogens is 393 g/mol. The van der Waals surface area contributed by atoms with E-state index in [1.807, 2.05) is 0 Å². The lowest BCUT2D eigenvalue weighted by Crippen LogP contribution is -2.06. The molecule has 10 heteroatoms. The molecule has 0 amide bonds. The predicted molar refractivity (Wildman–Crippen MR) is 93.4 cm³/mol. The van der Waals surface area contributed by atoms with Gasteiger partial charge in [0.15, 0.2) is 6.61 Å². The monoisotopic (exact) mass is 408 g/mol. The summed E-state index contributed by atoms with van der Waals surface area (Å²) in [4.78, 5) is 16.2. The molecule has 29 heavy (non-hydrogen) atoms. The number of nitrogens with zero attached hydrogens (tertiary/aromatic N) is 2. The summed E-state index contributed by atoms with van der Waals surface area (Å²) in [6.07, 6.45) is -4.49. The molecule has 3 aromatic rings. The first-order chi connectivity index (χ1) is 13.8. The molecule has 1 aromatic heterocycles. The second-order valence-electron chi connectivity index (χ2n) is 5.77. The van der Waals surface area contributed by atoms with Gasteiger partial charge in [-0.25, -0.2) is 4.79 Å². The number of esters is 1. The Morgan fingerprint density at radius 2 is 1.76 bits per heavy atom. The van der Waals surface area contributed by atoms with E-state index in [2.05, 4.69) is 10.1 Å². The van der Waals surface area contributed by atoms with Crippen LogP contribution in [0.25, 0.3) is 11.4 Å². The van der Waals surface area contributed by atoms with E-state index in [1.165, 1.54) is 38.5 Å². The lowest BCUT2D eigenvalue weighted by Gasteiger charge is -2.07. The minimum Gasteiger partial charge on any atom is -0.497 e. The maximum Gasteiger partial charge on any atom is 0.416 e. The van der Waals surface area contributed by atoms with Crippen LogP contribution in [-0.4, -0.2) is 30.3 Å². The molecule has 7 nitrogen and oxygen atoms in total. The molecule has 2 aromatic carbocycles. The molecule has 152 valence electrons. The molecule has 3 rings (SSSR count). The van der Waals surface area contributed by atoms with E-state index in [4.69, 9.17) is 18.7 Å². The Balaban J connectivity index is 1.71. The number of ether oxygens (including phenoxy) is 3. The number of carbonyl (C=O) groups is 1. The Morgan fingerprint density at radius 1 is 1.07 bits per heavy atom. The molecule has 1 heterocycles. The largest absolute Gasteiger partial charge is 0.497 e. The molecule has 0 saturated carbocycles. The third-order valence-electron chi connectivity index (χ3n) is 3.83. The van der Waals surface area contributed by atoms with Gasteiger partial charge in [0.2, 0.25) is 5.82 Å². The maximum absolute atomic E-state index is 12.8. The Bertz CT molecular complexity index is 995. The van der Waals surface area contributed by atoms with Crippen molar-refractivity contribution in [2.24, 2.45) is 0 Å². The van der Waals surface area contributed by atoms with Crippen LogP contribution in [0, 0.1) is 0 Å². The molecule has 0 aliphatic rings. The quantitative estimate of drug-likeness (QED) is 0.567. The van der Waals surface area contributed by atoms with E-state index in [0.717, 1.165) is 12.1 Å². The standard InChI is InChI=1S/C19H15F3N2O5/c1-26-14-7-12(8-15(9-14)27-2)18(25)28-10-16-23-17(24-29-16)11-4-3-5-13(6-11)19(20,21)22/h3-9H,10H2,1-2H3. The Kier molecular flexibility index (Phi) is 5.71. The number of hydrogen-bond donors (Lipinski definition) is 0. The Morgan fingerprint density at radius 3 is 2.38 bits per heavy atom. The van der Waals surface area contributed by atoms with Crippen LogP contribution in [0.3, 0.4) is 0 Å². The van der Waals surface area contributed by atoms with Crippen molar-refractivity contribution in [3.05, 3.63) is 59.5 Å². The van der Waals surface area contributed by atoms with E-state index in [-0.39, 0.29) is 29.4 Å². The van der Waals surface area contributed by atoms with Gasteiger partial charge in [0.25, 0.3) is 5.89 Å². The van der Waals surface area contributed by atoms with Gasteiger partial charge in [-0.1, -0.05) is 17.3 Å². The zero-order valence-corrected chi connectivity index (χ0v) is 15.3. The lowest BCUT2D eigenvalue weighted by molar-refractivity contribution is -0.137. The molecule has 0 radical (unpaired) electrons. The fourth-order valence-electron chi connectivity index (χ4n) is 2.40. The first-order valence-corrected chi connectivity index (χ1v) is 8.20. The normalized spacial score (nSPS) is 11.2. The van der Waals surface area contributed by atoms with Crippen LogP contribution < -0.4 is 9.47 Å². The minimum atomic E-state index is -4.49. The fourth-order valence-corrected chi connectivity index (χ4v) is 2.40. The number of hydrogen-bond acceptors (Lipinski definition) is 7. The number of halogens is 3. The van der Waals surface area contributed by atoms with E-state index in [9.17, 15) is 18.0 Å². The lowest BCUT2D eigenvalue weighted by atomic mass is 10.1. The number of rotatable bonds is 6. The van der Waals surface area contributed by atoms with Crippen LogP contribution in [0.1, 0.15) is 21.8 Å².